The number of rotatable bonds is 7. The SMILES string of the molecule is Cc1c(Cl)cccc1S(=O)(=O)N(C)Cc1cccc(C(=O)NCC2CCCCC2)c1. The molecule has 1 fully saturated rings. The number of carbonyl (C=O) groups excluding carboxylic acids is 1. The third-order valence-corrected chi connectivity index (χ3v) is 8.13. The normalized spacial score (nSPS) is 15.3. The quantitative estimate of drug-likeness (QED) is 0.662. The van der Waals surface area contributed by atoms with Crippen LogP contribution in [0.15, 0.2) is 47.4 Å². The van der Waals surface area contributed by atoms with Gasteiger partial charge in [0.25, 0.3) is 5.91 Å². The number of carbonyl (C=O) groups is 1. The van der Waals surface area contributed by atoms with Crippen molar-refractivity contribution < 1.29 is 13.2 Å². The monoisotopic (exact) mass is 448 g/mol. The van der Waals surface area contributed by atoms with E-state index >= 15 is 0 Å². The molecule has 162 valence electrons. The first kappa shape index (κ1) is 22.8. The second kappa shape index (κ2) is 9.94. The van der Waals surface area contributed by atoms with E-state index in [-0.39, 0.29) is 17.3 Å². The molecule has 0 aromatic heterocycles. The zero-order valence-electron chi connectivity index (χ0n) is 17.5. The maximum atomic E-state index is 13.0. The number of nitrogens with one attached hydrogen (secondary N) is 1. The second-order valence-corrected chi connectivity index (χ2v) is 10.5. The molecule has 0 aliphatic heterocycles. The molecule has 0 saturated heterocycles. The Morgan fingerprint density at radius 2 is 1.83 bits per heavy atom. The van der Waals surface area contributed by atoms with Gasteiger partial charge in [0.1, 0.15) is 0 Å². The molecule has 5 nitrogen and oxygen atoms in total. The van der Waals surface area contributed by atoms with Crippen molar-refractivity contribution in [2.24, 2.45) is 5.92 Å². The lowest BCUT2D eigenvalue weighted by atomic mass is 9.89. The number of amides is 1. The molecule has 0 radical (unpaired) electrons. The van der Waals surface area contributed by atoms with Crippen LogP contribution in [0.5, 0.6) is 0 Å². The van der Waals surface area contributed by atoms with Gasteiger partial charge in [-0.25, -0.2) is 8.42 Å². The molecular formula is C23H29ClN2O3S. The fourth-order valence-electron chi connectivity index (χ4n) is 3.92. The summed E-state index contributed by atoms with van der Waals surface area (Å²) in [5.41, 5.74) is 1.83. The maximum absolute atomic E-state index is 13.0. The average molecular weight is 449 g/mol. The van der Waals surface area contributed by atoms with Crippen molar-refractivity contribution in [3.8, 4) is 0 Å². The van der Waals surface area contributed by atoms with Crippen LogP contribution in [-0.2, 0) is 16.6 Å². The molecule has 1 N–H and O–H groups in total. The Labute approximate surface area is 184 Å². The predicted molar refractivity (Wildman–Crippen MR) is 120 cm³/mol. The molecule has 2 aromatic rings. The van der Waals surface area contributed by atoms with Gasteiger partial charge in [-0.3, -0.25) is 4.79 Å². The van der Waals surface area contributed by atoms with Gasteiger partial charge in [0.2, 0.25) is 10.0 Å². The third kappa shape index (κ3) is 5.42. The van der Waals surface area contributed by atoms with E-state index in [1.807, 2.05) is 6.07 Å². The van der Waals surface area contributed by atoms with E-state index in [1.165, 1.54) is 43.5 Å². The Bertz CT molecular complexity index is 1000. The molecule has 3 rings (SSSR count). The van der Waals surface area contributed by atoms with Crippen molar-refractivity contribution in [1.82, 2.24) is 9.62 Å². The summed E-state index contributed by atoms with van der Waals surface area (Å²) in [4.78, 5) is 12.8. The molecule has 0 spiro atoms. The minimum Gasteiger partial charge on any atom is -0.352 e. The molecular weight excluding hydrogens is 420 g/mol. The molecule has 0 heterocycles. The summed E-state index contributed by atoms with van der Waals surface area (Å²) >= 11 is 6.10. The van der Waals surface area contributed by atoms with Crippen LogP contribution < -0.4 is 5.32 Å². The van der Waals surface area contributed by atoms with Crippen molar-refractivity contribution in [2.75, 3.05) is 13.6 Å². The number of benzene rings is 2. The zero-order valence-corrected chi connectivity index (χ0v) is 19.1. The molecule has 0 bridgehead atoms. The molecule has 7 heteroatoms. The highest BCUT2D eigenvalue weighted by molar-refractivity contribution is 7.89. The van der Waals surface area contributed by atoms with Gasteiger partial charge in [-0.05, 0) is 61.1 Å². The zero-order chi connectivity index (χ0) is 21.7. The Morgan fingerprint density at radius 1 is 1.13 bits per heavy atom. The van der Waals surface area contributed by atoms with Crippen molar-refractivity contribution in [2.45, 2.75) is 50.5 Å². The summed E-state index contributed by atoms with van der Waals surface area (Å²) in [5.74, 6) is 0.446. The van der Waals surface area contributed by atoms with Crippen LogP contribution >= 0.6 is 11.6 Å². The lowest BCUT2D eigenvalue weighted by Gasteiger charge is -2.22. The molecule has 1 aliphatic rings. The Kier molecular flexibility index (Phi) is 7.55. The van der Waals surface area contributed by atoms with Gasteiger partial charge in [-0.15, -0.1) is 0 Å². The first-order valence-corrected chi connectivity index (χ1v) is 12.2. The van der Waals surface area contributed by atoms with Crippen molar-refractivity contribution >= 4 is 27.5 Å². The van der Waals surface area contributed by atoms with Gasteiger partial charge in [-0.1, -0.05) is 49.1 Å². The van der Waals surface area contributed by atoms with E-state index in [9.17, 15) is 13.2 Å². The van der Waals surface area contributed by atoms with Crippen LogP contribution in [0.25, 0.3) is 0 Å². The van der Waals surface area contributed by atoms with Crippen LogP contribution in [0.3, 0.4) is 0 Å². The number of hydrogen-bond acceptors (Lipinski definition) is 3. The van der Waals surface area contributed by atoms with Crippen LogP contribution in [-0.4, -0.2) is 32.2 Å². The second-order valence-electron chi connectivity index (χ2n) is 8.04. The van der Waals surface area contributed by atoms with Gasteiger partial charge < -0.3 is 5.32 Å². The Balaban J connectivity index is 1.68. The summed E-state index contributed by atoms with van der Waals surface area (Å²) in [5, 5.41) is 3.45. The number of halogens is 1. The fourth-order valence-corrected chi connectivity index (χ4v) is 5.55. The summed E-state index contributed by atoms with van der Waals surface area (Å²) in [7, 11) is -2.17. The minimum absolute atomic E-state index is 0.112. The summed E-state index contributed by atoms with van der Waals surface area (Å²) in [6.07, 6.45) is 6.11. The van der Waals surface area contributed by atoms with E-state index in [0.29, 0.717) is 28.6 Å². The minimum atomic E-state index is -3.70. The highest BCUT2D eigenvalue weighted by Crippen LogP contribution is 2.26. The van der Waals surface area contributed by atoms with Gasteiger partial charge in [-0.2, -0.15) is 4.31 Å². The largest absolute Gasteiger partial charge is 0.352 e. The Morgan fingerprint density at radius 3 is 2.57 bits per heavy atom. The summed E-state index contributed by atoms with van der Waals surface area (Å²) < 4.78 is 27.3. The smallest absolute Gasteiger partial charge is 0.251 e. The average Bonchev–Trinajstić information content (AvgIpc) is 2.74. The van der Waals surface area contributed by atoms with E-state index in [1.54, 1.807) is 43.3 Å². The molecule has 0 unspecified atom stereocenters. The van der Waals surface area contributed by atoms with Gasteiger partial charge in [0.05, 0.1) is 4.90 Å². The van der Waals surface area contributed by atoms with Gasteiger partial charge in [0, 0.05) is 30.7 Å². The van der Waals surface area contributed by atoms with Crippen LogP contribution in [0.2, 0.25) is 5.02 Å². The highest BCUT2D eigenvalue weighted by Gasteiger charge is 2.24. The van der Waals surface area contributed by atoms with E-state index < -0.39 is 10.0 Å². The standard InChI is InChI=1S/C23H29ClN2O3S/c1-17-21(24)12-7-13-22(17)30(28,29)26(2)16-19-10-6-11-20(14-19)23(27)25-15-18-8-4-3-5-9-18/h6-7,10-14,18H,3-5,8-9,15-16H2,1-2H3,(H,25,27). The number of hydrogen-bond donors (Lipinski definition) is 1. The molecule has 2 aromatic carbocycles. The van der Waals surface area contributed by atoms with E-state index in [4.69, 9.17) is 11.6 Å². The van der Waals surface area contributed by atoms with Crippen molar-refractivity contribution in [3.63, 3.8) is 0 Å². The maximum Gasteiger partial charge on any atom is 0.251 e. The summed E-state index contributed by atoms with van der Waals surface area (Å²) in [6, 6.07) is 12.0. The van der Waals surface area contributed by atoms with Crippen molar-refractivity contribution in [1.29, 1.82) is 0 Å². The van der Waals surface area contributed by atoms with Gasteiger partial charge >= 0.3 is 0 Å². The van der Waals surface area contributed by atoms with Crippen molar-refractivity contribution in [3.05, 3.63) is 64.2 Å². The van der Waals surface area contributed by atoms with E-state index in [2.05, 4.69) is 5.32 Å². The predicted octanol–water partition coefficient (Wildman–Crippen LogP) is 4.78. The van der Waals surface area contributed by atoms with Gasteiger partial charge in [0.15, 0.2) is 0 Å². The molecule has 1 amide bonds. The number of sulfonamides is 1. The first-order chi connectivity index (χ1) is 14.3. The number of nitrogens with zero attached hydrogens (tertiary/aromatic N) is 1. The van der Waals surface area contributed by atoms with E-state index in [0.717, 1.165) is 5.56 Å². The topological polar surface area (TPSA) is 66.5 Å². The lowest BCUT2D eigenvalue weighted by molar-refractivity contribution is 0.0943. The first-order valence-electron chi connectivity index (χ1n) is 10.4. The summed E-state index contributed by atoms with van der Waals surface area (Å²) in [6.45, 7) is 2.56. The molecule has 30 heavy (non-hydrogen) atoms. The molecule has 0 atom stereocenters. The van der Waals surface area contributed by atoms with Crippen LogP contribution in [0.4, 0.5) is 0 Å². The van der Waals surface area contributed by atoms with Crippen LogP contribution in [0, 0.1) is 12.8 Å². The molecule has 1 saturated carbocycles. The Hall–Kier alpha value is -1.89. The van der Waals surface area contributed by atoms with Crippen LogP contribution in [0.1, 0.15) is 53.6 Å². The molecule has 1 aliphatic carbocycles. The lowest BCUT2D eigenvalue weighted by Crippen LogP contribution is -2.30. The highest BCUT2D eigenvalue weighted by atomic mass is 35.5. The fraction of sp³-hybridized carbons (Fsp3) is 0.435. The third-order valence-electron chi connectivity index (χ3n) is 5.78.